The van der Waals surface area contributed by atoms with Crippen molar-refractivity contribution in [1.29, 1.82) is 0 Å². The van der Waals surface area contributed by atoms with E-state index in [4.69, 9.17) is 15.4 Å². The molecule has 0 aliphatic rings. The van der Waals surface area contributed by atoms with E-state index >= 15 is 0 Å². The van der Waals surface area contributed by atoms with E-state index in [-0.39, 0.29) is 4.21 Å². The first kappa shape index (κ1) is 14.5. The molecule has 0 spiro atoms. The lowest BCUT2D eigenvalue weighted by Crippen LogP contribution is -1.98. The van der Waals surface area contributed by atoms with Gasteiger partial charge in [0.05, 0.1) is 13.2 Å². The van der Waals surface area contributed by atoms with Crippen molar-refractivity contribution in [2.75, 3.05) is 6.61 Å². The van der Waals surface area contributed by atoms with Crippen LogP contribution >= 0.6 is 22.0 Å². The molecule has 1 aromatic heterocycles. The van der Waals surface area contributed by atoms with Gasteiger partial charge in [-0.05, 0) is 29.0 Å². The Morgan fingerprint density at radius 3 is 2.53 bits per heavy atom. The molecule has 102 valence electrons. The minimum Gasteiger partial charge on any atom is -0.376 e. The minimum atomic E-state index is -3.61. The monoisotopic (exact) mass is 316 g/mol. The molecule has 1 aromatic carbocycles. The van der Waals surface area contributed by atoms with E-state index in [1.165, 1.54) is 0 Å². The molecule has 2 rings (SSSR count). The fourth-order valence-corrected chi connectivity index (χ4v) is 3.60. The van der Waals surface area contributed by atoms with E-state index in [9.17, 15) is 8.42 Å². The van der Waals surface area contributed by atoms with Gasteiger partial charge in [-0.3, -0.25) is 0 Å². The molecule has 0 saturated carbocycles. The van der Waals surface area contributed by atoms with Gasteiger partial charge >= 0.3 is 0 Å². The summed E-state index contributed by atoms with van der Waals surface area (Å²) in [6, 6.07) is 11.5. The molecule has 0 unspecified atom stereocenters. The molecule has 0 N–H and O–H groups in total. The minimum absolute atomic E-state index is 0.187. The molecule has 19 heavy (non-hydrogen) atoms. The Hall–Kier alpha value is -0.880. The van der Waals surface area contributed by atoms with Gasteiger partial charge in [-0.15, -0.1) is 11.3 Å². The van der Waals surface area contributed by atoms with Gasteiger partial charge in [-0.1, -0.05) is 30.3 Å². The lowest BCUT2D eigenvalue weighted by atomic mass is 10.2. The van der Waals surface area contributed by atoms with Crippen molar-refractivity contribution in [3.05, 3.63) is 52.9 Å². The largest absolute Gasteiger partial charge is 0.376 e. The first-order chi connectivity index (χ1) is 9.05. The maximum Gasteiger partial charge on any atom is 0.270 e. The van der Waals surface area contributed by atoms with Gasteiger partial charge in [-0.25, -0.2) is 8.42 Å². The number of thiophene rings is 1. The first-order valence-corrected chi connectivity index (χ1v) is 8.88. The molecule has 0 amide bonds. The second-order valence-corrected chi connectivity index (χ2v) is 7.70. The van der Waals surface area contributed by atoms with Crippen molar-refractivity contribution >= 4 is 31.1 Å². The summed E-state index contributed by atoms with van der Waals surface area (Å²) in [7, 11) is 1.66. The number of halogens is 1. The molecule has 0 aliphatic carbocycles. The van der Waals surface area contributed by atoms with Crippen molar-refractivity contribution in [2.24, 2.45) is 0 Å². The van der Waals surface area contributed by atoms with Gasteiger partial charge in [-0.2, -0.15) is 0 Å². The molecule has 0 fully saturated rings. The van der Waals surface area contributed by atoms with E-state index in [2.05, 4.69) is 0 Å². The molecule has 6 heteroatoms. The molecule has 2 aromatic rings. The Morgan fingerprint density at radius 2 is 1.89 bits per heavy atom. The lowest BCUT2D eigenvalue weighted by Gasteiger charge is -2.03. The van der Waals surface area contributed by atoms with Gasteiger partial charge in [0.1, 0.15) is 4.21 Å². The van der Waals surface area contributed by atoms with E-state index < -0.39 is 9.05 Å². The lowest BCUT2D eigenvalue weighted by molar-refractivity contribution is 0.124. The van der Waals surface area contributed by atoms with Gasteiger partial charge in [0.15, 0.2) is 0 Å². The van der Waals surface area contributed by atoms with Crippen molar-refractivity contribution in [3.8, 4) is 0 Å². The average molecular weight is 317 g/mol. The summed E-state index contributed by atoms with van der Waals surface area (Å²) < 4.78 is 27.9. The molecule has 0 aliphatic heterocycles. The smallest absolute Gasteiger partial charge is 0.270 e. The molecule has 0 bridgehead atoms. The fraction of sp³-hybridized carbons (Fsp3) is 0.231. The van der Waals surface area contributed by atoms with Crippen LogP contribution in [-0.2, 0) is 26.8 Å². The van der Waals surface area contributed by atoms with E-state index in [0.29, 0.717) is 19.6 Å². The maximum atomic E-state index is 11.1. The third-order valence-corrected chi connectivity index (χ3v) is 5.61. The quantitative estimate of drug-likeness (QED) is 0.605. The summed E-state index contributed by atoms with van der Waals surface area (Å²) in [5.74, 6) is 0. The standard InChI is InChI=1S/C13H13ClO3S2/c14-19(15,16)13-8-12(10-18-13)6-7-17-9-11-4-2-1-3-5-11/h1-5,8,10H,6-7,9H2. The number of benzene rings is 1. The van der Waals surface area contributed by atoms with E-state index in [0.717, 1.165) is 22.5 Å². The third kappa shape index (κ3) is 4.62. The predicted molar refractivity (Wildman–Crippen MR) is 77.2 cm³/mol. The number of ether oxygens (including phenoxy) is 1. The van der Waals surface area contributed by atoms with Crippen molar-refractivity contribution < 1.29 is 13.2 Å². The zero-order valence-electron chi connectivity index (χ0n) is 10.1. The van der Waals surface area contributed by atoms with Crippen LogP contribution in [0, 0.1) is 0 Å². The van der Waals surface area contributed by atoms with E-state index in [1.54, 1.807) is 11.4 Å². The van der Waals surface area contributed by atoms with Crippen LogP contribution < -0.4 is 0 Å². The molecule has 0 atom stereocenters. The van der Waals surface area contributed by atoms with Crippen molar-refractivity contribution in [1.82, 2.24) is 0 Å². The number of hydrogen-bond donors (Lipinski definition) is 0. The highest BCUT2D eigenvalue weighted by atomic mass is 35.7. The second-order valence-electron chi connectivity index (χ2n) is 4.00. The normalized spacial score (nSPS) is 11.6. The molecule has 1 heterocycles. The Bertz CT molecular complexity index is 620. The van der Waals surface area contributed by atoms with Crippen LogP contribution in [0.2, 0.25) is 0 Å². The summed E-state index contributed by atoms with van der Waals surface area (Å²) in [4.78, 5) is 0. The van der Waals surface area contributed by atoms with Crippen LogP contribution in [0.5, 0.6) is 0 Å². The van der Waals surface area contributed by atoms with Gasteiger partial charge in [0.25, 0.3) is 9.05 Å². The summed E-state index contributed by atoms with van der Waals surface area (Å²) in [6.07, 6.45) is 0.676. The fourth-order valence-electron chi connectivity index (χ4n) is 1.57. The Balaban J connectivity index is 1.79. The molecular weight excluding hydrogens is 304 g/mol. The summed E-state index contributed by atoms with van der Waals surface area (Å²) >= 11 is 1.14. The Kier molecular flexibility index (Phi) is 4.99. The highest BCUT2D eigenvalue weighted by Gasteiger charge is 2.12. The summed E-state index contributed by atoms with van der Waals surface area (Å²) in [5.41, 5.74) is 2.05. The average Bonchev–Trinajstić information content (AvgIpc) is 2.85. The molecule has 0 saturated heterocycles. The topological polar surface area (TPSA) is 43.4 Å². The Morgan fingerprint density at radius 1 is 1.16 bits per heavy atom. The number of hydrogen-bond acceptors (Lipinski definition) is 4. The van der Waals surface area contributed by atoms with Gasteiger partial charge in [0, 0.05) is 10.7 Å². The summed E-state index contributed by atoms with van der Waals surface area (Å²) in [6.45, 7) is 1.11. The molecular formula is C13H13ClO3S2. The van der Waals surface area contributed by atoms with Crippen LogP contribution in [0.1, 0.15) is 11.1 Å². The Labute approximate surface area is 121 Å². The van der Waals surface area contributed by atoms with Crippen LogP contribution in [0.4, 0.5) is 0 Å². The molecule has 0 radical (unpaired) electrons. The molecule has 3 nitrogen and oxygen atoms in total. The van der Waals surface area contributed by atoms with Crippen LogP contribution in [0.3, 0.4) is 0 Å². The van der Waals surface area contributed by atoms with Crippen molar-refractivity contribution in [2.45, 2.75) is 17.2 Å². The SMILES string of the molecule is O=S(=O)(Cl)c1cc(CCOCc2ccccc2)cs1. The zero-order valence-corrected chi connectivity index (χ0v) is 12.5. The highest BCUT2D eigenvalue weighted by molar-refractivity contribution is 8.15. The maximum absolute atomic E-state index is 11.1. The third-order valence-electron chi connectivity index (χ3n) is 2.52. The first-order valence-electron chi connectivity index (χ1n) is 5.69. The predicted octanol–water partition coefficient (Wildman–Crippen LogP) is 3.43. The van der Waals surface area contributed by atoms with Gasteiger partial charge in [0.2, 0.25) is 0 Å². The van der Waals surface area contributed by atoms with Gasteiger partial charge < -0.3 is 4.74 Å². The van der Waals surface area contributed by atoms with E-state index in [1.807, 2.05) is 30.3 Å². The highest BCUT2D eigenvalue weighted by Crippen LogP contribution is 2.23. The van der Waals surface area contributed by atoms with Crippen LogP contribution in [-0.4, -0.2) is 15.0 Å². The number of rotatable bonds is 6. The van der Waals surface area contributed by atoms with Crippen LogP contribution in [0.15, 0.2) is 46.0 Å². The van der Waals surface area contributed by atoms with Crippen molar-refractivity contribution in [3.63, 3.8) is 0 Å². The second kappa shape index (κ2) is 6.52. The zero-order chi connectivity index (χ0) is 13.7. The van der Waals surface area contributed by atoms with Crippen LogP contribution in [0.25, 0.3) is 0 Å². The summed E-state index contributed by atoms with van der Waals surface area (Å²) in [5, 5.41) is 1.79.